The van der Waals surface area contributed by atoms with E-state index in [1.165, 1.54) is 44.3 Å². The summed E-state index contributed by atoms with van der Waals surface area (Å²) in [6.45, 7) is 4.28. The molecule has 0 fully saturated rings. The number of allylic oxidation sites excluding steroid dienone is 3. The van der Waals surface area contributed by atoms with Crippen LogP contribution in [0.4, 0.5) is 0 Å². The molecular weight excluding hydrogens is 350 g/mol. The third kappa shape index (κ3) is 3.19. The van der Waals surface area contributed by atoms with Crippen LogP contribution in [-0.2, 0) is 6.42 Å². The standard InChI is InChI=1S/C28H23N/c1-19-13-14-24-23(26(17-19)21-9-5-3-6-10-21)15-16-25-27(18-20(2)29-28(24)25)22-11-7-4-8-12-22/h3-13,15-18H,14H2,1-2H3. The number of nitrogens with zero attached hydrogens (tertiary/aromatic N) is 1. The second-order valence-corrected chi connectivity index (χ2v) is 7.74. The van der Waals surface area contributed by atoms with Crippen LogP contribution in [-0.4, -0.2) is 4.98 Å². The van der Waals surface area contributed by atoms with E-state index in [9.17, 15) is 0 Å². The Morgan fingerprint density at radius 3 is 2.14 bits per heavy atom. The molecule has 0 saturated carbocycles. The van der Waals surface area contributed by atoms with Crippen LogP contribution in [0.25, 0.3) is 27.6 Å². The number of benzene rings is 3. The molecule has 1 aliphatic rings. The van der Waals surface area contributed by atoms with Crippen LogP contribution < -0.4 is 0 Å². The van der Waals surface area contributed by atoms with Crippen molar-refractivity contribution in [3.05, 3.63) is 119 Å². The van der Waals surface area contributed by atoms with Gasteiger partial charge in [-0.2, -0.15) is 0 Å². The minimum absolute atomic E-state index is 0.899. The molecular formula is C28H23N. The molecule has 0 spiro atoms. The Bertz CT molecular complexity index is 1260. The Kier molecular flexibility index (Phi) is 4.37. The van der Waals surface area contributed by atoms with Crippen molar-refractivity contribution in [1.82, 2.24) is 4.98 Å². The van der Waals surface area contributed by atoms with Gasteiger partial charge in [-0.25, -0.2) is 0 Å². The van der Waals surface area contributed by atoms with Gasteiger partial charge in [0.05, 0.1) is 5.52 Å². The summed E-state index contributed by atoms with van der Waals surface area (Å²) in [7, 11) is 0. The van der Waals surface area contributed by atoms with Gasteiger partial charge in [-0.1, -0.05) is 90.5 Å². The fraction of sp³-hybridized carbons (Fsp3) is 0.107. The molecule has 0 radical (unpaired) electrons. The van der Waals surface area contributed by atoms with Crippen molar-refractivity contribution in [2.75, 3.05) is 0 Å². The molecule has 0 atom stereocenters. The molecule has 0 bridgehead atoms. The first-order valence-corrected chi connectivity index (χ1v) is 10.1. The second kappa shape index (κ2) is 7.18. The maximum absolute atomic E-state index is 5.01. The molecule has 0 amide bonds. The molecule has 1 aliphatic carbocycles. The average molecular weight is 373 g/mol. The summed E-state index contributed by atoms with van der Waals surface area (Å²) >= 11 is 0. The third-order valence-corrected chi connectivity index (χ3v) is 5.67. The molecule has 29 heavy (non-hydrogen) atoms. The predicted molar refractivity (Wildman–Crippen MR) is 123 cm³/mol. The van der Waals surface area contributed by atoms with E-state index in [1.807, 2.05) is 0 Å². The minimum atomic E-state index is 0.899. The number of fused-ring (bicyclic) bond motifs is 3. The Morgan fingerprint density at radius 1 is 0.724 bits per heavy atom. The van der Waals surface area contributed by atoms with Gasteiger partial charge in [-0.15, -0.1) is 0 Å². The maximum atomic E-state index is 5.01. The van der Waals surface area contributed by atoms with E-state index < -0.39 is 0 Å². The highest BCUT2D eigenvalue weighted by atomic mass is 14.7. The van der Waals surface area contributed by atoms with Crippen LogP contribution in [0.2, 0.25) is 0 Å². The Hall–Kier alpha value is -3.45. The molecule has 0 unspecified atom stereocenters. The first-order valence-electron chi connectivity index (χ1n) is 10.1. The lowest BCUT2D eigenvalue weighted by Gasteiger charge is -2.16. The Labute approximate surface area is 172 Å². The fourth-order valence-electron chi connectivity index (χ4n) is 4.28. The number of aryl methyl sites for hydroxylation is 1. The molecule has 4 aromatic rings. The summed E-state index contributed by atoms with van der Waals surface area (Å²) in [6.07, 6.45) is 5.53. The largest absolute Gasteiger partial charge is 0.253 e. The van der Waals surface area contributed by atoms with Crippen LogP contribution in [0.3, 0.4) is 0 Å². The molecule has 3 aromatic carbocycles. The number of aromatic nitrogens is 1. The number of hydrogen-bond donors (Lipinski definition) is 0. The number of pyridine rings is 1. The molecule has 1 aromatic heterocycles. The monoisotopic (exact) mass is 373 g/mol. The van der Waals surface area contributed by atoms with Gasteiger partial charge in [0.1, 0.15) is 0 Å². The van der Waals surface area contributed by atoms with E-state index in [0.717, 1.165) is 17.6 Å². The lowest BCUT2D eigenvalue weighted by atomic mass is 9.89. The van der Waals surface area contributed by atoms with Crippen LogP contribution in [0, 0.1) is 6.92 Å². The molecule has 1 nitrogen and oxygen atoms in total. The van der Waals surface area contributed by atoms with Gasteiger partial charge in [0.25, 0.3) is 0 Å². The van der Waals surface area contributed by atoms with Gasteiger partial charge in [0, 0.05) is 11.1 Å². The molecule has 0 saturated heterocycles. The summed E-state index contributed by atoms with van der Waals surface area (Å²) in [5, 5.41) is 1.22. The van der Waals surface area contributed by atoms with Gasteiger partial charge in [0.2, 0.25) is 0 Å². The summed E-state index contributed by atoms with van der Waals surface area (Å²) in [5.41, 5.74) is 11.1. The van der Waals surface area contributed by atoms with Gasteiger partial charge in [0.15, 0.2) is 0 Å². The van der Waals surface area contributed by atoms with E-state index >= 15 is 0 Å². The van der Waals surface area contributed by atoms with Crippen molar-refractivity contribution in [3.63, 3.8) is 0 Å². The van der Waals surface area contributed by atoms with Gasteiger partial charge < -0.3 is 0 Å². The summed E-state index contributed by atoms with van der Waals surface area (Å²) in [5.74, 6) is 0. The van der Waals surface area contributed by atoms with Crippen molar-refractivity contribution in [2.45, 2.75) is 20.3 Å². The molecule has 1 heteroatoms. The first-order chi connectivity index (χ1) is 14.2. The van der Waals surface area contributed by atoms with Crippen molar-refractivity contribution < 1.29 is 0 Å². The Balaban J connectivity index is 1.81. The lowest BCUT2D eigenvalue weighted by molar-refractivity contribution is 1.20. The smallest absolute Gasteiger partial charge is 0.0752 e. The highest BCUT2D eigenvalue weighted by molar-refractivity contribution is 6.00. The zero-order valence-corrected chi connectivity index (χ0v) is 16.8. The summed E-state index contributed by atoms with van der Waals surface area (Å²) < 4.78 is 0. The summed E-state index contributed by atoms with van der Waals surface area (Å²) in [6, 6.07) is 28.0. The fourth-order valence-corrected chi connectivity index (χ4v) is 4.28. The van der Waals surface area contributed by atoms with E-state index in [1.54, 1.807) is 0 Å². The van der Waals surface area contributed by atoms with Crippen molar-refractivity contribution in [1.29, 1.82) is 0 Å². The minimum Gasteiger partial charge on any atom is -0.253 e. The Morgan fingerprint density at radius 2 is 1.41 bits per heavy atom. The zero-order valence-electron chi connectivity index (χ0n) is 16.8. The van der Waals surface area contributed by atoms with E-state index in [4.69, 9.17) is 4.98 Å². The van der Waals surface area contributed by atoms with Gasteiger partial charge in [-0.3, -0.25) is 4.98 Å². The first kappa shape index (κ1) is 17.6. The number of rotatable bonds is 2. The van der Waals surface area contributed by atoms with Gasteiger partial charge in [-0.05, 0) is 59.7 Å². The van der Waals surface area contributed by atoms with Crippen molar-refractivity contribution in [2.24, 2.45) is 0 Å². The topological polar surface area (TPSA) is 12.9 Å². The lowest BCUT2D eigenvalue weighted by Crippen LogP contribution is -1.99. The SMILES string of the molecule is CC1=CCc2c(ccc3c(-c4ccccc4)cc(C)nc23)C(c2ccccc2)=C1. The number of hydrogen-bond acceptors (Lipinski definition) is 1. The highest BCUT2D eigenvalue weighted by Gasteiger charge is 2.18. The van der Waals surface area contributed by atoms with Crippen LogP contribution in [0.5, 0.6) is 0 Å². The van der Waals surface area contributed by atoms with Crippen LogP contribution in [0.15, 0.2) is 96.6 Å². The van der Waals surface area contributed by atoms with Gasteiger partial charge >= 0.3 is 0 Å². The predicted octanol–water partition coefficient (Wildman–Crippen LogP) is 7.14. The molecule has 1 heterocycles. The van der Waals surface area contributed by atoms with Crippen molar-refractivity contribution in [3.8, 4) is 11.1 Å². The maximum Gasteiger partial charge on any atom is 0.0752 e. The zero-order chi connectivity index (χ0) is 19.8. The highest BCUT2D eigenvalue weighted by Crippen LogP contribution is 2.37. The van der Waals surface area contributed by atoms with Crippen molar-refractivity contribution >= 4 is 16.5 Å². The molecule has 140 valence electrons. The summed E-state index contributed by atoms with van der Waals surface area (Å²) in [4.78, 5) is 5.01. The normalized spacial score (nSPS) is 13.4. The van der Waals surface area contributed by atoms with E-state index in [2.05, 4.69) is 105 Å². The third-order valence-electron chi connectivity index (χ3n) is 5.67. The molecule has 0 N–H and O–H groups in total. The quantitative estimate of drug-likeness (QED) is 0.364. The van der Waals surface area contributed by atoms with E-state index in [0.29, 0.717) is 0 Å². The van der Waals surface area contributed by atoms with E-state index in [-0.39, 0.29) is 0 Å². The second-order valence-electron chi connectivity index (χ2n) is 7.74. The van der Waals surface area contributed by atoms with Crippen LogP contribution >= 0.6 is 0 Å². The molecule has 0 aliphatic heterocycles. The molecule has 5 rings (SSSR count). The van der Waals surface area contributed by atoms with Crippen LogP contribution in [0.1, 0.15) is 29.3 Å². The average Bonchev–Trinajstić information content (AvgIpc) is 2.93.